The van der Waals surface area contributed by atoms with Crippen molar-refractivity contribution in [3.8, 4) is 17.2 Å². The van der Waals surface area contributed by atoms with E-state index in [1.165, 1.54) is 14.2 Å². The maximum Gasteiger partial charge on any atom is 0.227 e. The van der Waals surface area contributed by atoms with E-state index >= 15 is 0 Å². The van der Waals surface area contributed by atoms with Gasteiger partial charge in [-0.25, -0.2) is 9.97 Å². The Morgan fingerprint density at radius 3 is 2.32 bits per heavy atom. The van der Waals surface area contributed by atoms with Gasteiger partial charge in [-0.15, -0.1) is 0 Å². The van der Waals surface area contributed by atoms with E-state index < -0.39 is 0 Å². The highest BCUT2D eigenvalue weighted by molar-refractivity contribution is 6.37. The fraction of sp³-hybridized carbons (Fsp3) is 0.364. The minimum absolute atomic E-state index is 0.0804. The predicted octanol–water partition coefficient (Wildman–Crippen LogP) is 4.11. The number of benzene rings is 1. The standard InChI is InChI=1S/C22H24Cl2N6O4/c1-32-18-7-19(33-2)21(24)17(20(18)23)12-34-16-9-25-22(26-10-16)28-14-8-27-30(11-14)15-3-5-29(13-31)6-4-15/h7-11,13,15H,3-6,12H2,1-2H3,(H,25,26,28). The highest BCUT2D eigenvalue weighted by Crippen LogP contribution is 2.40. The fourth-order valence-electron chi connectivity index (χ4n) is 3.66. The molecule has 34 heavy (non-hydrogen) atoms. The first-order valence-electron chi connectivity index (χ1n) is 10.6. The van der Waals surface area contributed by atoms with Gasteiger partial charge in [-0.05, 0) is 12.8 Å². The van der Waals surface area contributed by atoms with E-state index in [-0.39, 0.29) is 12.6 Å². The molecule has 1 N–H and O–H groups in total. The molecule has 0 radical (unpaired) electrons. The summed E-state index contributed by atoms with van der Waals surface area (Å²) in [5.74, 6) is 1.72. The lowest BCUT2D eigenvalue weighted by Crippen LogP contribution is -2.33. The molecule has 10 nitrogen and oxygen atoms in total. The molecule has 0 spiro atoms. The summed E-state index contributed by atoms with van der Waals surface area (Å²) in [6.07, 6.45) is 9.37. The Kier molecular flexibility index (Phi) is 7.59. The van der Waals surface area contributed by atoms with E-state index in [4.69, 9.17) is 37.4 Å². The Bertz CT molecular complexity index is 1100. The molecule has 0 bridgehead atoms. The quantitative estimate of drug-likeness (QED) is 0.432. The van der Waals surface area contributed by atoms with Crippen LogP contribution in [0.1, 0.15) is 24.4 Å². The highest BCUT2D eigenvalue weighted by Gasteiger charge is 2.20. The second kappa shape index (κ2) is 10.8. The molecule has 1 amide bonds. The third-order valence-corrected chi connectivity index (χ3v) is 6.38. The molecule has 0 aliphatic carbocycles. The molecule has 3 heterocycles. The van der Waals surface area contributed by atoms with Crippen molar-refractivity contribution in [2.45, 2.75) is 25.5 Å². The molecule has 0 unspecified atom stereocenters. The summed E-state index contributed by atoms with van der Waals surface area (Å²) in [6, 6.07) is 1.88. The van der Waals surface area contributed by atoms with Gasteiger partial charge in [0, 0.05) is 30.9 Å². The number of methoxy groups -OCH3 is 2. The van der Waals surface area contributed by atoms with Gasteiger partial charge < -0.3 is 24.4 Å². The van der Waals surface area contributed by atoms with Crippen molar-refractivity contribution in [3.05, 3.63) is 46.5 Å². The normalized spacial score (nSPS) is 14.1. The van der Waals surface area contributed by atoms with Gasteiger partial charge in [-0.3, -0.25) is 9.48 Å². The van der Waals surface area contributed by atoms with E-state index in [1.54, 1.807) is 29.6 Å². The Labute approximate surface area is 206 Å². The van der Waals surface area contributed by atoms with Crippen molar-refractivity contribution in [1.82, 2.24) is 24.6 Å². The van der Waals surface area contributed by atoms with E-state index in [1.807, 2.05) is 10.9 Å². The molecular weight excluding hydrogens is 483 g/mol. The lowest BCUT2D eigenvalue weighted by Gasteiger charge is -2.29. The number of anilines is 2. The second-order valence-electron chi connectivity index (χ2n) is 7.63. The summed E-state index contributed by atoms with van der Waals surface area (Å²) < 4.78 is 18.2. The van der Waals surface area contributed by atoms with Gasteiger partial charge in [0.05, 0.1) is 54.6 Å². The maximum atomic E-state index is 10.9. The Morgan fingerprint density at radius 2 is 1.74 bits per heavy atom. The van der Waals surface area contributed by atoms with Crippen molar-refractivity contribution in [1.29, 1.82) is 0 Å². The first kappa shape index (κ1) is 23.9. The highest BCUT2D eigenvalue weighted by atomic mass is 35.5. The molecule has 1 aliphatic heterocycles. The molecule has 1 saturated heterocycles. The van der Waals surface area contributed by atoms with Gasteiger partial charge in [-0.1, -0.05) is 23.2 Å². The van der Waals surface area contributed by atoms with Crippen LogP contribution in [0.3, 0.4) is 0 Å². The van der Waals surface area contributed by atoms with Crippen LogP contribution >= 0.6 is 23.2 Å². The van der Waals surface area contributed by atoms with Crippen LogP contribution in [0.5, 0.6) is 17.2 Å². The molecule has 0 atom stereocenters. The van der Waals surface area contributed by atoms with Gasteiger partial charge in [-0.2, -0.15) is 5.10 Å². The number of ether oxygens (including phenoxy) is 3. The van der Waals surface area contributed by atoms with Gasteiger partial charge >= 0.3 is 0 Å². The summed E-state index contributed by atoms with van der Waals surface area (Å²) in [4.78, 5) is 21.3. The third-order valence-electron chi connectivity index (χ3n) is 5.56. The number of amides is 1. The average molecular weight is 507 g/mol. The summed E-state index contributed by atoms with van der Waals surface area (Å²) in [5, 5.41) is 8.26. The van der Waals surface area contributed by atoms with Crippen LogP contribution in [-0.4, -0.2) is 58.4 Å². The summed E-state index contributed by atoms with van der Waals surface area (Å²) in [5.41, 5.74) is 1.31. The minimum Gasteiger partial charge on any atom is -0.495 e. The first-order valence-corrected chi connectivity index (χ1v) is 11.3. The molecule has 12 heteroatoms. The number of hydrogen-bond donors (Lipinski definition) is 1. The van der Waals surface area contributed by atoms with Crippen LogP contribution in [0.25, 0.3) is 0 Å². The Balaban J connectivity index is 1.37. The number of aromatic nitrogens is 4. The molecule has 1 fully saturated rings. The zero-order valence-electron chi connectivity index (χ0n) is 18.7. The Morgan fingerprint density at radius 1 is 1.09 bits per heavy atom. The van der Waals surface area contributed by atoms with E-state index in [2.05, 4.69) is 20.4 Å². The molecule has 4 rings (SSSR count). The van der Waals surface area contributed by atoms with Crippen LogP contribution in [-0.2, 0) is 11.4 Å². The van der Waals surface area contributed by atoms with Crippen molar-refractivity contribution in [2.24, 2.45) is 0 Å². The van der Waals surface area contributed by atoms with E-state index in [0.29, 0.717) is 38.8 Å². The van der Waals surface area contributed by atoms with Gasteiger partial charge in [0.25, 0.3) is 0 Å². The van der Waals surface area contributed by atoms with Crippen molar-refractivity contribution >= 4 is 41.2 Å². The number of rotatable bonds is 9. The van der Waals surface area contributed by atoms with E-state index in [0.717, 1.165) is 38.0 Å². The number of hydrogen-bond acceptors (Lipinski definition) is 8. The first-order chi connectivity index (χ1) is 16.5. The van der Waals surface area contributed by atoms with Crippen molar-refractivity contribution < 1.29 is 19.0 Å². The Hall–Kier alpha value is -3.24. The smallest absolute Gasteiger partial charge is 0.227 e. The van der Waals surface area contributed by atoms with Crippen molar-refractivity contribution in [3.63, 3.8) is 0 Å². The monoisotopic (exact) mass is 506 g/mol. The number of halogens is 2. The van der Waals surface area contributed by atoms with Crippen LogP contribution in [0, 0.1) is 0 Å². The summed E-state index contributed by atoms with van der Waals surface area (Å²) in [6.45, 7) is 1.55. The zero-order valence-corrected chi connectivity index (χ0v) is 20.2. The number of carbonyl (C=O) groups is 1. The SMILES string of the molecule is COc1cc(OC)c(Cl)c(COc2cnc(Nc3cnn(C4CCN(C=O)CC4)c3)nc2)c1Cl. The third kappa shape index (κ3) is 5.28. The van der Waals surface area contributed by atoms with Crippen molar-refractivity contribution in [2.75, 3.05) is 32.6 Å². The van der Waals surface area contributed by atoms with E-state index in [9.17, 15) is 4.79 Å². The molecule has 1 aromatic carbocycles. The number of nitrogens with one attached hydrogen (secondary N) is 1. The molecule has 1 aliphatic rings. The van der Waals surface area contributed by atoms with Gasteiger partial charge in [0.1, 0.15) is 18.1 Å². The average Bonchev–Trinajstić information content (AvgIpc) is 3.33. The molecule has 180 valence electrons. The molecular formula is C22H24Cl2N6O4. The number of nitrogens with zero attached hydrogens (tertiary/aromatic N) is 5. The molecule has 0 saturated carbocycles. The van der Waals surface area contributed by atoms with Gasteiger partial charge in [0.2, 0.25) is 12.4 Å². The largest absolute Gasteiger partial charge is 0.495 e. The topological polar surface area (TPSA) is 104 Å². The summed E-state index contributed by atoms with van der Waals surface area (Å²) >= 11 is 12.8. The van der Waals surface area contributed by atoms with Crippen LogP contribution in [0.2, 0.25) is 10.0 Å². The zero-order chi connectivity index (χ0) is 24.1. The summed E-state index contributed by atoms with van der Waals surface area (Å²) in [7, 11) is 3.03. The van der Waals surface area contributed by atoms with Crippen LogP contribution < -0.4 is 19.5 Å². The van der Waals surface area contributed by atoms with Crippen LogP contribution in [0.4, 0.5) is 11.6 Å². The lowest BCUT2D eigenvalue weighted by molar-refractivity contribution is -0.119. The van der Waals surface area contributed by atoms with Crippen LogP contribution in [0.15, 0.2) is 30.9 Å². The number of likely N-dealkylation sites (tertiary alicyclic amines) is 1. The molecule has 3 aromatic rings. The number of carbonyl (C=O) groups excluding carboxylic acids is 1. The fourth-order valence-corrected chi connectivity index (χ4v) is 4.27. The van der Waals surface area contributed by atoms with Gasteiger partial charge in [0.15, 0.2) is 5.75 Å². The minimum atomic E-state index is 0.0804. The molecule has 2 aromatic heterocycles. The lowest BCUT2D eigenvalue weighted by atomic mass is 10.1. The predicted molar refractivity (Wildman–Crippen MR) is 127 cm³/mol. The number of piperidine rings is 1. The maximum absolute atomic E-state index is 10.9. The second-order valence-corrected chi connectivity index (χ2v) is 8.38.